The molecule has 0 saturated carbocycles. The van der Waals surface area contributed by atoms with Crippen LogP contribution in [0, 0.1) is 0 Å². The second-order valence-electron chi connectivity index (χ2n) is 1.31. The summed E-state index contributed by atoms with van der Waals surface area (Å²) in [6.07, 6.45) is 0. The van der Waals surface area contributed by atoms with E-state index >= 15 is 0 Å². The van der Waals surface area contributed by atoms with Gasteiger partial charge in [-0.05, 0) is 0 Å². The Labute approximate surface area is 45.4 Å². The van der Waals surface area contributed by atoms with Gasteiger partial charge in [-0.2, -0.15) is 0 Å². The Kier molecular flexibility index (Phi) is 1.13. The molecule has 3 N–H and O–H groups in total. The third-order valence-electron chi connectivity index (χ3n) is 0.745. The molecule has 0 aromatic heterocycles. The Bertz CT molecular complexity index is 116. The highest BCUT2D eigenvalue weighted by Gasteiger charge is 2.15. The van der Waals surface area contributed by atoms with Crippen LogP contribution < -0.4 is 16.2 Å². The van der Waals surface area contributed by atoms with Gasteiger partial charge < -0.3 is 5.32 Å². The minimum Gasteiger partial charge on any atom is -0.334 e. The molecule has 1 heterocycles. The van der Waals surface area contributed by atoms with Crippen molar-refractivity contribution in [3.63, 3.8) is 0 Å². The van der Waals surface area contributed by atoms with Gasteiger partial charge in [-0.3, -0.25) is 15.0 Å². The lowest BCUT2D eigenvalue weighted by atomic mass is 10.5. The zero-order chi connectivity index (χ0) is 5.98. The quantitative estimate of drug-likeness (QED) is 0.311. The van der Waals surface area contributed by atoms with Gasteiger partial charge in [-0.1, -0.05) is 0 Å². The van der Waals surface area contributed by atoms with Crippen molar-refractivity contribution in [3.05, 3.63) is 0 Å². The zero-order valence-corrected chi connectivity index (χ0v) is 4.02. The molecule has 0 bridgehead atoms. The maximum atomic E-state index is 10.2. The second-order valence-corrected chi connectivity index (χ2v) is 1.31. The fourth-order valence-electron chi connectivity index (χ4n) is 0.386. The first-order chi connectivity index (χ1) is 3.80. The molecule has 5 nitrogen and oxygen atoms in total. The minimum atomic E-state index is -0.642. The van der Waals surface area contributed by atoms with Gasteiger partial charge >= 0.3 is 11.8 Å². The van der Waals surface area contributed by atoms with Crippen molar-refractivity contribution >= 4 is 11.8 Å². The molecule has 0 aromatic carbocycles. The lowest BCUT2D eigenvalue weighted by Crippen LogP contribution is -2.56. The number of nitrogens with one attached hydrogen (secondary N) is 3. The van der Waals surface area contributed by atoms with E-state index < -0.39 is 11.8 Å². The summed E-state index contributed by atoms with van der Waals surface area (Å²) >= 11 is 0. The lowest BCUT2D eigenvalue weighted by molar-refractivity contribution is -0.141. The molecular weight excluding hydrogens is 110 g/mol. The normalized spacial score (nSPS) is 19.5. The van der Waals surface area contributed by atoms with Crippen LogP contribution in [0.15, 0.2) is 0 Å². The van der Waals surface area contributed by atoms with Crippen LogP contribution in [0.25, 0.3) is 0 Å². The van der Waals surface area contributed by atoms with E-state index in [-0.39, 0.29) is 0 Å². The number of carbonyl (C=O) groups excluding carboxylic acids is 2. The summed E-state index contributed by atoms with van der Waals surface area (Å²) in [5, 5.41) is 2.27. The zero-order valence-electron chi connectivity index (χ0n) is 4.02. The summed E-state index contributed by atoms with van der Waals surface area (Å²) in [7, 11) is 0. The van der Waals surface area contributed by atoms with Crippen LogP contribution in [-0.2, 0) is 9.59 Å². The molecule has 0 unspecified atom stereocenters. The molecule has 1 rings (SSSR count). The number of amides is 2. The number of rotatable bonds is 0. The Balaban J connectivity index is 2.52. The topological polar surface area (TPSA) is 70.2 Å². The van der Waals surface area contributed by atoms with Crippen molar-refractivity contribution in [1.82, 2.24) is 16.2 Å². The van der Waals surface area contributed by atoms with E-state index in [1.165, 1.54) is 0 Å². The summed E-state index contributed by atoms with van der Waals surface area (Å²) < 4.78 is 0. The van der Waals surface area contributed by atoms with Gasteiger partial charge in [0, 0.05) is 0 Å². The van der Waals surface area contributed by atoms with Gasteiger partial charge in [-0.15, -0.1) is 0 Å². The van der Waals surface area contributed by atoms with E-state index in [2.05, 4.69) is 16.2 Å². The molecule has 0 aliphatic carbocycles. The Hall–Kier alpha value is -1.10. The Morgan fingerprint density at radius 1 is 1.25 bits per heavy atom. The van der Waals surface area contributed by atoms with Crippen molar-refractivity contribution in [2.45, 2.75) is 0 Å². The molecule has 0 spiro atoms. The van der Waals surface area contributed by atoms with Crippen LogP contribution in [0.1, 0.15) is 0 Å². The fourth-order valence-corrected chi connectivity index (χ4v) is 0.386. The molecule has 1 aliphatic heterocycles. The number of hydrogen-bond acceptors (Lipinski definition) is 3. The maximum Gasteiger partial charge on any atom is 0.323 e. The van der Waals surface area contributed by atoms with Gasteiger partial charge in [0.25, 0.3) is 0 Å². The van der Waals surface area contributed by atoms with Crippen LogP contribution in [0.2, 0.25) is 0 Å². The van der Waals surface area contributed by atoms with Gasteiger partial charge in [0.05, 0.1) is 6.67 Å². The highest BCUT2D eigenvalue weighted by atomic mass is 16.2. The summed E-state index contributed by atoms with van der Waals surface area (Å²) in [4.78, 5) is 20.4. The van der Waals surface area contributed by atoms with Crippen LogP contribution in [-0.4, -0.2) is 18.5 Å². The van der Waals surface area contributed by atoms with E-state index in [9.17, 15) is 9.59 Å². The maximum absolute atomic E-state index is 10.2. The van der Waals surface area contributed by atoms with Crippen LogP contribution >= 0.6 is 0 Å². The van der Waals surface area contributed by atoms with Crippen molar-refractivity contribution < 1.29 is 9.59 Å². The highest BCUT2D eigenvalue weighted by molar-refractivity contribution is 6.35. The monoisotopic (exact) mass is 115 g/mol. The second kappa shape index (κ2) is 1.79. The Morgan fingerprint density at radius 3 is 2.38 bits per heavy atom. The molecule has 1 fully saturated rings. The summed E-state index contributed by atoms with van der Waals surface area (Å²) in [5.41, 5.74) is 4.56. The molecular formula is C3H5N3O2. The smallest absolute Gasteiger partial charge is 0.323 e. The number of hydrazine groups is 1. The van der Waals surface area contributed by atoms with Gasteiger partial charge in [0.1, 0.15) is 0 Å². The predicted molar refractivity (Wildman–Crippen MR) is 24.3 cm³/mol. The van der Waals surface area contributed by atoms with E-state index in [1.807, 2.05) is 0 Å². The first-order valence-corrected chi connectivity index (χ1v) is 2.12. The SMILES string of the molecule is O=C1NCNNC1=O. The summed E-state index contributed by atoms with van der Waals surface area (Å²) in [5.74, 6) is -1.24. The average Bonchev–Trinajstić information content (AvgIpc) is 1.77. The van der Waals surface area contributed by atoms with Crippen molar-refractivity contribution in [2.75, 3.05) is 6.67 Å². The number of carbonyl (C=O) groups is 2. The van der Waals surface area contributed by atoms with E-state index in [4.69, 9.17) is 0 Å². The van der Waals surface area contributed by atoms with Crippen LogP contribution in [0.4, 0.5) is 0 Å². The molecule has 2 amide bonds. The summed E-state index contributed by atoms with van der Waals surface area (Å²) in [6, 6.07) is 0. The van der Waals surface area contributed by atoms with Crippen LogP contribution in [0.3, 0.4) is 0 Å². The molecule has 1 aliphatic rings. The Morgan fingerprint density at radius 2 is 2.00 bits per heavy atom. The number of hydrogen-bond donors (Lipinski definition) is 3. The first-order valence-electron chi connectivity index (χ1n) is 2.12. The van der Waals surface area contributed by atoms with Gasteiger partial charge in [0.2, 0.25) is 0 Å². The molecule has 0 atom stereocenters. The van der Waals surface area contributed by atoms with E-state index in [0.29, 0.717) is 6.67 Å². The van der Waals surface area contributed by atoms with Crippen LogP contribution in [0.5, 0.6) is 0 Å². The molecule has 1 saturated heterocycles. The predicted octanol–water partition coefficient (Wildman–Crippen LogP) is -2.31. The minimum absolute atomic E-state index is 0.296. The third-order valence-corrected chi connectivity index (χ3v) is 0.745. The van der Waals surface area contributed by atoms with E-state index in [0.717, 1.165) is 0 Å². The standard InChI is InChI=1S/C3H5N3O2/c7-2-3(8)6-5-1-4-2/h5H,1H2,(H,4,7)(H,6,8). The molecule has 0 aromatic rings. The largest absolute Gasteiger partial charge is 0.334 e. The van der Waals surface area contributed by atoms with Crippen molar-refractivity contribution in [3.8, 4) is 0 Å². The molecule has 8 heavy (non-hydrogen) atoms. The van der Waals surface area contributed by atoms with Crippen molar-refractivity contribution in [2.24, 2.45) is 0 Å². The fraction of sp³-hybridized carbons (Fsp3) is 0.333. The molecule has 44 valence electrons. The summed E-state index contributed by atoms with van der Waals surface area (Å²) in [6.45, 7) is 0.296. The lowest BCUT2D eigenvalue weighted by Gasteiger charge is -2.12. The highest BCUT2D eigenvalue weighted by Crippen LogP contribution is 1.68. The van der Waals surface area contributed by atoms with Gasteiger partial charge in [0.15, 0.2) is 0 Å². The average molecular weight is 115 g/mol. The molecule has 0 radical (unpaired) electrons. The van der Waals surface area contributed by atoms with E-state index in [1.54, 1.807) is 0 Å². The first kappa shape index (κ1) is 5.04. The molecule has 5 heteroatoms. The third kappa shape index (κ3) is 0.760. The van der Waals surface area contributed by atoms with Crippen molar-refractivity contribution in [1.29, 1.82) is 0 Å². The van der Waals surface area contributed by atoms with Gasteiger partial charge in [-0.25, -0.2) is 5.43 Å².